The molecule has 6 nitrogen and oxygen atoms in total. The molecule has 31 heavy (non-hydrogen) atoms. The van der Waals surface area contributed by atoms with Gasteiger partial charge >= 0.3 is 5.97 Å². The maximum absolute atomic E-state index is 11.0. The van der Waals surface area contributed by atoms with Crippen LogP contribution in [-0.2, 0) is 9.53 Å². The van der Waals surface area contributed by atoms with Crippen LogP contribution in [0.25, 0.3) is 21.3 Å². The number of aromatic nitrogens is 1. The van der Waals surface area contributed by atoms with Gasteiger partial charge in [0, 0.05) is 38.7 Å². The molecule has 1 fully saturated rings. The number of nitrogens with zero attached hydrogens (tertiary/aromatic N) is 3. The first kappa shape index (κ1) is 21.6. The Morgan fingerprint density at radius 3 is 2.58 bits per heavy atom. The summed E-state index contributed by atoms with van der Waals surface area (Å²) in [5.41, 5.74) is 2.03. The first-order valence-electron chi connectivity index (χ1n) is 10.8. The quantitative estimate of drug-likeness (QED) is 0.508. The molecule has 1 aromatic carbocycles. The highest BCUT2D eigenvalue weighted by Gasteiger charge is 2.20. The van der Waals surface area contributed by atoms with E-state index in [4.69, 9.17) is 14.5 Å². The van der Waals surface area contributed by atoms with E-state index in [1.807, 2.05) is 31.2 Å². The van der Waals surface area contributed by atoms with Crippen LogP contribution in [0.5, 0.6) is 5.75 Å². The van der Waals surface area contributed by atoms with Crippen molar-refractivity contribution >= 4 is 33.2 Å². The van der Waals surface area contributed by atoms with Crippen LogP contribution < -0.4 is 9.64 Å². The fourth-order valence-corrected chi connectivity index (χ4v) is 4.70. The maximum Gasteiger partial charge on any atom is 0.302 e. The van der Waals surface area contributed by atoms with Crippen molar-refractivity contribution in [1.29, 1.82) is 0 Å². The summed E-state index contributed by atoms with van der Waals surface area (Å²) in [5, 5.41) is 3.38. The van der Waals surface area contributed by atoms with E-state index in [-0.39, 0.29) is 18.7 Å². The van der Waals surface area contributed by atoms with Gasteiger partial charge in [-0.1, -0.05) is 6.92 Å². The fraction of sp³-hybridized carbons (Fsp3) is 0.417. The van der Waals surface area contributed by atoms with E-state index >= 15 is 0 Å². The van der Waals surface area contributed by atoms with Gasteiger partial charge in [0.1, 0.15) is 24.3 Å². The fourth-order valence-electron chi connectivity index (χ4n) is 3.80. The number of fused-ring (bicyclic) bond motifs is 1. The molecule has 0 aliphatic carbocycles. The molecule has 2 aromatic heterocycles. The summed E-state index contributed by atoms with van der Waals surface area (Å²) in [6, 6.07) is 12.3. The summed E-state index contributed by atoms with van der Waals surface area (Å²) in [5.74, 6) is 1.54. The normalized spacial score (nSPS) is 15.8. The minimum atomic E-state index is -0.299. The summed E-state index contributed by atoms with van der Waals surface area (Å²) in [6.45, 7) is 11.0. The largest absolute Gasteiger partial charge is 0.487 e. The second kappa shape index (κ2) is 9.66. The molecule has 0 radical (unpaired) electrons. The number of ether oxygens (including phenoxy) is 2. The van der Waals surface area contributed by atoms with E-state index in [1.54, 1.807) is 11.3 Å². The van der Waals surface area contributed by atoms with Crippen LogP contribution in [0.3, 0.4) is 0 Å². The summed E-state index contributed by atoms with van der Waals surface area (Å²) in [7, 11) is 0. The van der Waals surface area contributed by atoms with Crippen LogP contribution in [0.4, 0.5) is 5.82 Å². The first-order chi connectivity index (χ1) is 15.0. The molecular formula is C24H29N3O3S. The van der Waals surface area contributed by atoms with Gasteiger partial charge in [0.25, 0.3) is 0 Å². The van der Waals surface area contributed by atoms with Crippen molar-refractivity contribution in [2.75, 3.05) is 44.2 Å². The number of piperazine rings is 1. The Bertz CT molecular complexity index is 1030. The molecule has 7 heteroatoms. The van der Waals surface area contributed by atoms with E-state index in [9.17, 15) is 4.79 Å². The van der Waals surface area contributed by atoms with Gasteiger partial charge in [-0.05, 0) is 60.6 Å². The van der Waals surface area contributed by atoms with E-state index in [0.29, 0.717) is 0 Å². The van der Waals surface area contributed by atoms with E-state index in [2.05, 4.69) is 34.2 Å². The number of thiophene rings is 1. The molecule has 3 heterocycles. The molecule has 0 bridgehead atoms. The lowest BCUT2D eigenvalue weighted by Crippen LogP contribution is -2.46. The van der Waals surface area contributed by atoms with E-state index in [1.165, 1.54) is 17.0 Å². The van der Waals surface area contributed by atoms with Gasteiger partial charge in [0.2, 0.25) is 0 Å². The average Bonchev–Trinajstić information content (AvgIpc) is 3.26. The first-order valence-corrected chi connectivity index (χ1v) is 11.7. The highest BCUT2D eigenvalue weighted by Crippen LogP contribution is 2.34. The van der Waals surface area contributed by atoms with Crippen molar-refractivity contribution < 1.29 is 14.3 Å². The Labute approximate surface area is 187 Å². The minimum absolute atomic E-state index is 0.205. The van der Waals surface area contributed by atoms with Crippen LogP contribution in [0.2, 0.25) is 0 Å². The van der Waals surface area contributed by atoms with Gasteiger partial charge in [0.05, 0.1) is 10.4 Å². The highest BCUT2D eigenvalue weighted by molar-refractivity contribution is 7.17. The van der Waals surface area contributed by atoms with Crippen LogP contribution in [0, 0.1) is 0 Å². The molecule has 1 atom stereocenters. The minimum Gasteiger partial charge on any atom is -0.487 e. The second-order valence-corrected chi connectivity index (χ2v) is 8.76. The molecule has 3 aromatic rings. The lowest BCUT2D eigenvalue weighted by atomic mass is 10.1. The third kappa shape index (κ3) is 5.17. The molecule has 1 aliphatic heterocycles. The molecule has 4 rings (SSSR count). The van der Waals surface area contributed by atoms with Gasteiger partial charge in [0.15, 0.2) is 0 Å². The Kier molecular flexibility index (Phi) is 6.73. The number of carbonyl (C=O) groups excluding carboxylic acids is 1. The zero-order valence-electron chi connectivity index (χ0n) is 18.3. The molecule has 1 unspecified atom stereocenters. The average molecular weight is 440 g/mol. The third-order valence-corrected chi connectivity index (χ3v) is 6.47. The topological polar surface area (TPSA) is 54.9 Å². The van der Waals surface area contributed by atoms with Gasteiger partial charge in [-0.2, -0.15) is 0 Å². The van der Waals surface area contributed by atoms with Crippen LogP contribution in [0.15, 0.2) is 41.8 Å². The van der Waals surface area contributed by atoms with Crippen molar-refractivity contribution in [2.24, 2.45) is 0 Å². The molecule has 0 amide bonds. The predicted octanol–water partition coefficient (Wildman–Crippen LogP) is 4.44. The van der Waals surface area contributed by atoms with Crippen molar-refractivity contribution in [3.8, 4) is 17.0 Å². The Morgan fingerprint density at radius 1 is 1.16 bits per heavy atom. The number of likely N-dealkylation sites (N-methyl/N-ethyl adjacent to an activating group) is 1. The molecule has 0 N–H and O–H groups in total. The summed E-state index contributed by atoms with van der Waals surface area (Å²) in [4.78, 5) is 20.9. The SMILES string of the molecule is CCN1CCN(c2nc(-c3ccc(OC(C)COC(C)=O)cc3)cc3ccsc23)CC1. The summed E-state index contributed by atoms with van der Waals surface area (Å²) >= 11 is 1.76. The number of rotatable bonds is 7. The zero-order chi connectivity index (χ0) is 21.8. The maximum atomic E-state index is 11.0. The smallest absolute Gasteiger partial charge is 0.302 e. The van der Waals surface area contributed by atoms with Crippen molar-refractivity contribution in [3.63, 3.8) is 0 Å². The van der Waals surface area contributed by atoms with Crippen molar-refractivity contribution in [3.05, 3.63) is 41.8 Å². The summed E-state index contributed by atoms with van der Waals surface area (Å²) < 4.78 is 12.1. The van der Waals surface area contributed by atoms with Gasteiger partial charge in [-0.3, -0.25) is 4.79 Å². The van der Waals surface area contributed by atoms with Gasteiger partial charge < -0.3 is 19.3 Å². The standard InChI is InChI=1S/C24H29N3O3S/c1-4-26-10-12-27(13-11-26)24-23-20(9-14-31-23)15-22(25-24)19-5-7-21(8-6-19)30-17(2)16-29-18(3)28/h5-9,14-15,17H,4,10-13,16H2,1-3H3. The molecular weight excluding hydrogens is 410 g/mol. The molecule has 0 spiro atoms. The Hall–Kier alpha value is -2.64. The molecule has 1 aliphatic rings. The number of benzene rings is 1. The van der Waals surface area contributed by atoms with Crippen molar-refractivity contribution in [1.82, 2.24) is 9.88 Å². The summed E-state index contributed by atoms with van der Waals surface area (Å²) in [6.07, 6.45) is -0.205. The van der Waals surface area contributed by atoms with Gasteiger partial charge in [-0.25, -0.2) is 4.98 Å². The lowest BCUT2D eigenvalue weighted by molar-refractivity contribution is -0.143. The Balaban J connectivity index is 1.53. The van der Waals surface area contributed by atoms with Crippen LogP contribution >= 0.6 is 11.3 Å². The van der Waals surface area contributed by atoms with Crippen LogP contribution in [-0.4, -0.2) is 61.3 Å². The van der Waals surface area contributed by atoms with Gasteiger partial charge in [-0.15, -0.1) is 11.3 Å². The number of pyridine rings is 1. The number of hydrogen-bond acceptors (Lipinski definition) is 7. The number of anilines is 1. The third-order valence-electron chi connectivity index (χ3n) is 5.55. The Morgan fingerprint density at radius 2 is 1.90 bits per heavy atom. The van der Waals surface area contributed by atoms with E-state index in [0.717, 1.165) is 55.5 Å². The van der Waals surface area contributed by atoms with E-state index < -0.39 is 0 Å². The number of carbonyl (C=O) groups is 1. The lowest BCUT2D eigenvalue weighted by Gasteiger charge is -2.35. The molecule has 164 valence electrons. The highest BCUT2D eigenvalue weighted by atomic mass is 32.1. The monoisotopic (exact) mass is 439 g/mol. The van der Waals surface area contributed by atoms with Crippen LogP contribution in [0.1, 0.15) is 20.8 Å². The molecule has 0 saturated carbocycles. The van der Waals surface area contributed by atoms with Crippen molar-refractivity contribution in [2.45, 2.75) is 26.9 Å². The second-order valence-electron chi connectivity index (χ2n) is 7.85. The number of esters is 1. The molecule has 1 saturated heterocycles. The number of hydrogen-bond donors (Lipinski definition) is 0. The predicted molar refractivity (Wildman–Crippen MR) is 126 cm³/mol. The zero-order valence-corrected chi connectivity index (χ0v) is 19.2.